The van der Waals surface area contributed by atoms with Crippen LogP contribution in [0, 0.1) is 5.92 Å². The van der Waals surface area contributed by atoms with Gasteiger partial charge in [0.25, 0.3) is 5.91 Å². The summed E-state index contributed by atoms with van der Waals surface area (Å²) in [4.78, 5) is 73.6. The number of nitrogens with one attached hydrogen (secondary N) is 1. The van der Waals surface area contributed by atoms with Gasteiger partial charge in [0.05, 0.1) is 31.8 Å². The summed E-state index contributed by atoms with van der Waals surface area (Å²) in [7, 11) is 1.26. The normalized spacial score (nSPS) is 17.5. The Bertz CT molecular complexity index is 1360. The summed E-state index contributed by atoms with van der Waals surface area (Å²) in [6, 6.07) is 8.12. The zero-order valence-electron chi connectivity index (χ0n) is 25.6. The van der Waals surface area contributed by atoms with Crippen LogP contribution in [0.25, 0.3) is 10.9 Å². The van der Waals surface area contributed by atoms with E-state index >= 15 is 0 Å². The number of methoxy groups -OCH3 is 1. The third-order valence-corrected chi connectivity index (χ3v) is 7.89. The molecule has 0 bridgehead atoms. The van der Waals surface area contributed by atoms with Crippen LogP contribution < -0.4 is 10.2 Å². The number of ether oxygens (including phenoxy) is 3. The third-order valence-electron chi connectivity index (χ3n) is 7.89. The van der Waals surface area contributed by atoms with Gasteiger partial charge in [-0.3, -0.25) is 19.2 Å². The van der Waals surface area contributed by atoms with E-state index in [1.165, 1.54) is 12.0 Å². The van der Waals surface area contributed by atoms with Gasteiger partial charge < -0.3 is 34.2 Å². The molecule has 2 atom stereocenters. The van der Waals surface area contributed by atoms with E-state index in [2.05, 4.69) is 15.2 Å². The molecule has 3 amide bonds. The predicted octanol–water partition coefficient (Wildman–Crippen LogP) is 2.37. The number of piperidine rings is 1. The van der Waals surface area contributed by atoms with Gasteiger partial charge in [-0.15, -0.1) is 0 Å². The molecule has 2 saturated heterocycles. The summed E-state index contributed by atoms with van der Waals surface area (Å²) < 4.78 is 15.1. The highest BCUT2D eigenvalue weighted by atomic mass is 16.6. The minimum Gasteiger partial charge on any atom is -0.469 e. The maximum Gasteiger partial charge on any atom is 0.409 e. The van der Waals surface area contributed by atoms with Gasteiger partial charge in [0.15, 0.2) is 0 Å². The van der Waals surface area contributed by atoms with Crippen LogP contribution in [-0.2, 0) is 28.6 Å². The molecule has 3 heterocycles. The number of esters is 2. The van der Waals surface area contributed by atoms with E-state index in [1.807, 2.05) is 24.3 Å². The summed E-state index contributed by atoms with van der Waals surface area (Å²) >= 11 is 0. The second kappa shape index (κ2) is 15.3. The number of rotatable bonds is 10. The zero-order chi connectivity index (χ0) is 31.6. The number of fused-ring (bicyclic) bond motifs is 1. The lowest BCUT2D eigenvalue weighted by molar-refractivity contribution is -0.148. The van der Waals surface area contributed by atoms with Gasteiger partial charge in [0.1, 0.15) is 11.7 Å². The Balaban J connectivity index is 1.55. The number of benzene rings is 1. The van der Waals surface area contributed by atoms with E-state index in [-0.39, 0.29) is 56.0 Å². The Morgan fingerprint density at radius 2 is 1.68 bits per heavy atom. The first-order valence-electron chi connectivity index (χ1n) is 15.1. The molecule has 13 nitrogen and oxygen atoms in total. The SMILES string of the molecule is CCOC(=O)C1CCCN(c2cc(C(=O)NC(CCC(=O)OC)C(=O)N3CCN(C(=O)OCC)CC3)nc3ccccc23)C1. The van der Waals surface area contributed by atoms with E-state index in [4.69, 9.17) is 14.2 Å². The predicted molar refractivity (Wildman–Crippen MR) is 161 cm³/mol. The van der Waals surface area contributed by atoms with Crippen molar-refractivity contribution in [3.05, 3.63) is 36.0 Å². The van der Waals surface area contributed by atoms with Gasteiger partial charge in [-0.05, 0) is 45.2 Å². The molecule has 1 aromatic heterocycles. The largest absolute Gasteiger partial charge is 0.469 e. The molecule has 4 rings (SSSR count). The van der Waals surface area contributed by atoms with E-state index in [1.54, 1.807) is 24.8 Å². The van der Waals surface area contributed by atoms with Crippen molar-refractivity contribution in [1.29, 1.82) is 0 Å². The van der Waals surface area contributed by atoms with Crippen molar-refractivity contribution in [2.24, 2.45) is 5.92 Å². The molecule has 2 aliphatic rings. The van der Waals surface area contributed by atoms with Crippen LogP contribution in [0.2, 0.25) is 0 Å². The van der Waals surface area contributed by atoms with Crippen LogP contribution in [0.5, 0.6) is 0 Å². The number of amides is 3. The average Bonchev–Trinajstić information content (AvgIpc) is 3.05. The Morgan fingerprint density at radius 1 is 0.977 bits per heavy atom. The van der Waals surface area contributed by atoms with Gasteiger partial charge >= 0.3 is 18.0 Å². The van der Waals surface area contributed by atoms with Crippen LogP contribution in [0.1, 0.15) is 50.0 Å². The van der Waals surface area contributed by atoms with Crippen molar-refractivity contribution >= 4 is 46.4 Å². The minimum absolute atomic E-state index is 0.0309. The number of nitrogens with zero attached hydrogens (tertiary/aromatic N) is 4. The van der Waals surface area contributed by atoms with Crippen LogP contribution in [0.3, 0.4) is 0 Å². The lowest BCUT2D eigenvalue weighted by Gasteiger charge is -2.36. The number of hydrogen-bond donors (Lipinski definition) is 1. The van der Waals surface area contributed by atoms with E-state index < -0.39 is 24.0 Å². The molecular formula is C31H41N5O8. The van der Waals surface area contributed by atoms with Crippen molar-refractivity contribution in [2.45, 2.75) is 45.6 Å². The van der Waals surface area contributed by atoms with Crippen molar-refractivity contribution < 1.29 is 38.2 Å². The lowest BCUT2D eigenvalue weighted by Crippen LogP contribution is -2.56. The Labute approximate surface area is 256 Å². The Kier molecular flexibility index (Phi) is 11.3. The number of piperazine rings is 1. The number of pyridine rings is 1. The highest BCUT2D eigenvalue weighted by Gasteiger charge is 2.32. The van der Waals surface area contributed by atoms with Gasteiger partial charge in [-0.25, -0.2) is 9.78 Å². The fourth-order valence-corrected chi connectivity index (χ4v) is 5.58. The van der Waals surface area contributed by atoms with Gasteiger partial charge in [-0.2, -0.15) is 0 Å². The maximum absolute atomic E-state index is 13.7. The Hall–Kier alpha value is -4.42. The van der Waals surface area contributed by atoms with Crippen LogP contribution in [0.15, 0.2) is 30.3 Å². The topological polar surface area (TPSA) is 148 Å². The second-order valence-electron chi connectivity index (χ2n) is 10.7. The van der Waals surface area contributed by atoms with Crippen LogP contribution in [0.4, 0.5) is 10.5 Å². The molecule has 0 spiro atoms. The smallest absolute Gasteiger partial charge is 0.409 e. The summed E-state index contributed by atoms with van der Waals surface area (Å²) in [5, 5.41) is 3.64. The molecule has 2 fully saturated rings. The van der Waals surface area contributed by atoms with E-state index in [0.717, 1.165) is 23.9 Å². The molecule has 1 N–H and O–H groups in total. The summed E-state index contributed by atoms with van der Waals surface area (Å²) in [6.45, 7) is 6.34. The summed E-state index contributed by atoms with van der Waals surface area (Å²) in [5.74, 6) is -1.94. The number of carbonyl (C=O) groups excluding carboxylic acids is 5. The van der Waals surface area contributed by atoms with Crippen molar-refractivity contribution in [3.63, 3.8) is 0 Å². The molecule has 0 aliphatic carbocycles. The number of anilines is 1. The average molecular weight is 612 g/mol. The number of para-hydroxylation sites is 1. The minimum atomic E-state index is -1.02. The van der Waals surface area contributed by atoms with Gasteiger partial charge in [0.2, 0.25) is 5.91 Å². The number of aromatic nitrogens is 1. The van der Waals surface area contributed by atoms with E-state index in [9.17, 15) is 24.0 Å². The van der Waals surface area contributed by atoms with E-state index in [0.29, 0.717) is 38.3 Å². The summed E-state index contributed by atoms with van der Waals surface area (Å²) in [5.41, 5.74) is 1.48. The standard InChI is InChI=1S/C31H41N5O8/c1-4-43-30(40)21-9-8-14-36(20-21)26-19-25(32-23-11-7-6-10-22(23)26)28(38)33-24(12-13-27(37)42-3)29(39)34-15-17-35(18-16-34)31(41)44-5-2/h6-7,10-11,19,21,24H,4-5,8-9,12-18,20H2,1-3H3,(H,33,38). The van der Waals surface area contributed by atoms with Crippen molar-refractivity contribution in [2.75, 3.05) is 64.5 Å². The molecule has 1 aromatic carbocycles. The highest BCUT2D eigenvalue weighted by molar-refractivity contribution is 6.01. The van der Waals surface area contributed by atoms with Crippen molar-refractivity contribution in [1.82, 2.24) is 20.1 Å². The van der Waals surface area contributed by atoms with Gasteiger partial charge in [-0.1, -0.05) is 18.2 Å². The van der Waals surface area contributed by atoms with Crippen LogP contribution >= 0.6 is 0 Å². The second-order valence-corrected chi connectivity index (χ2v) is 10.7. The third kappa shape index (κ3) is 7.94. The zero-order valence-corrected chi connectivity index (χ0v) is 25.6. The highest BCUT2D eigenvalue weighted by Crippen LogP contribution is 2.31. The molecule has 2 aromatic rings. The molecular weight excluding hydrogens is 570 g/mol. The summed E-state index contributed by atoms with van der Waals surface area (Å²) in [6.07, 6.45) is 1.04. The maximum atomic E-state index is 13.7. The number of hydrogen-bond acceptors (Lipinski definition) is 10. The first-order chi connectivity index (χ1) is 21.2. The number of carbonyl (C=O) groups is 5. The quantitative estimate of drug-likeness (QED) is 0.314. The fourth-order valence-electron chi connectivity index (χ4n) is 5.58. The molecule has 0 radical (unpaired) electrons. The molecule has 238 valence electrons. The molecule has 13 heteroatoms. The lowest BCUT2D eigenvalue weighted by atomic mass is 9.97. The Morgan fingerprint density at radius 3 is 2.39 bits per heavy atom. The monoisotopic (exact) mass is 611 g/mol. The van der Waals surface area contributed by atoms with Gasteiger partial charge in [0, 0.05) is 56.8 Å². The van der Waals surface area contributed by atoms with Crippen LogP contribution in [-0.4, -0.2) is 110 Å². The molecule has 0 saturated carbocycles. The first kappa shape index (κ1) is 32.5. The molecule has 2 unspecified atom stereocenters. The molecule has 44 heavy (non-hydrogen) atoms. The molecule has 2 aliphatic heterocycles. The first-order valence-corrected chi connectivity index (χ1v) is 15.1. The fraction of sp³-hybridized carbons (Fsp3) is 0.548. The van der Waals surface area contributed by atoms with Crippen molar-refractivity contribution in [3.8, 4) is 0 Å².